The molecule has 1 aliphatic heterocycles. The van der Waals surface area contributed by atoms with Gasteiger partial charge in [-0.1, -0.05) is 0 Å². The predicted molar refractivity (Wildman–Crippen MR) is 106 cm³/mol. The summed E-state index contributed by atoms with van der Waals surface area (Å²) in [5.41, 5.74) is 6.82. The number of ether oxygens (including phenoxy) is 2. The van der Waals surface area contributed by atoms with E-state index in [1.807, 2.05) is 16.8 Å². The zero-order valence-electron chi connectivity index (χ0n) is 16.9. The normalized spacial score (nSPS) is 18.4. The van der Waals surface area contributed by atoms with Gasteiger partial charge in [-0.3, -0.25) is 9.88 Å². The second kappa shape index (κ2) is 7.11. The lowest BCUT2D eigenvalue weighted by atomic mass is 9.91. The molecule has 0 amide bonds. The summed E-state index contributed by atoms with van der Waals surface area (Å²) in [5, 5.41) is 4.89. The molecule has 150 valence electrons. The minimum atomic E-state index is 0.466. The third-order valence-electron chi connectivity index (χ3n) is 5.99. The van der Waals surface area contributed by atoms with E-state index in [4.69, 9.17) is 14.6 Å². The highest BCUT2D eigenvalue weighted by Gasteiger charge is 2.33. The summed E-state index contributed by atoms with van der Waals surface area (Å²) < 4.78 is 12.5. The fourth-order valence-electron chi connectivity index (χ4n) is 4.40. The number of hydrogen-bond acceptors (Lipinski definition) is 7. The molecule has 1 aliphatic carbocycles. The monoisotopic (exact) mass is 392 g/mol. The van der Waals surface area contributed by atoms with Crippen molar-refractivity contribution in [2.45, 2.75) is 45.3 Å². The number of fused-ring (bicyclic) bond motifs is 2. The molecule has 2 aliphatic rings. The van der Waals surface area contributed by atoms with Crippen molar-refractivity contribution in [2.24, 2.45) is 0 Å². The van der Waals surface area contributed by atoms with Crippen molar-refractivity contribution in [1.82, 2.24) is 29.6 Å². The number of methoxy groups -OCH3 is 2. The van der Waals surface area contributed by atoms with E-state index in [1.54, 1.807) is 26.6 Å². The van der Waals surface area contributed by atoms with Crippen LogP contribution < -0.4 is 9.47 Å². The van der Waals surface area contributed by atoms with Crippen LogP contribution in [-0.4, -0.2) is 49.9 Å². The number of hydrogen-bond donors (Lipinski definition) is 0. The molecule has 0 bridgehead atoms. The van der Waals surface area contributed by atoms with Crippen molar-refractivity contribution in [3.63, 3.8) is 0 Å². The zero-order valence-corrected chi connectivity index (χ0v) is 16.9. The van der Waals surface area contributed by atoms with Gasteiger partial charge in [0.25, 0.3) is 0 Å². The summed E-state index contributed by atoms with van der Waals surface area (Å²) in [4.78, 5) is 15.8. The van der Waals surface area contributed by atoms with E-state index in [1.165, 1.54) is 17.0 Å². The summed E-state index contributed by atoms with van der Waals surface area (Å²) in [6.45, 7) is 3.82. The maximum absolute atomic E-state index is 5.27. The minimum absolute atomic E-state index is 0.466. The SMILES string of the molecule is COc1cc(-n2nc3c(c2C)C[C@@H](N2Cc4ncc(OC)nc4C2)CC3)ccn1. The molecule has 0 saturated heterocycles. The Kier molecular flexibility index (Phi) is 4.43. The maximum atomic E-state index is 5.27. The van der Waals surface area contributed by atoms with Crippen molar-refractivity contribution in [3.05, 3.63) is 52.9 Å². The van der Waals surface area contributed by atoms with Gasteiger partial charge in [0.15, 0.2) is 0 Å². The van der Waals surface area contributed by atoms with Crippen LogP contribution in [0.2, 0.25) is 0 Å². The van der Waals surface area contributed by atoms with Gasteiger partial charge in [-0.2, -0.15) is 5.10 Å². The number of rotatable bonds is 4. The molecule has 0 aromatic carbocycles. The number of pyridine rings is 1. The summed E-state index contributed by atoms with van der Waals surface area (Å²) in [5.74, 6) is 1.18. The minimum Gasteiger partial charge on any atom is -0.481 e. The summed E-state index contributed by atoms with van der Waals surface area (Å²) in [6, 6.07) is 4.35. The Labute approximate surface area is 169 Å². The molecule has 4 heterocycles. The summed E-state index contributed by atoms with van der Waals surface area (Å²) in [7, 11) is 3.26. The lowest BCUT2D eigenvalue weighted by Crippen LogP contribution is -2.35. The Balaban J connectivity index is 1.38. The van der Waals surface area contributed by atoms with Gasteiger partial charge in [0.05, 0.1) is 43.2 Å². The van der Waals surface area contributed by atoms with Gasteiger partial charge in [0, 0.05) is 37.1 Å². The standard InChI is InChI=1S/C21H24N6O2/c1-13-16-8-14(26-11-18-19(12-26)24-21(29-3)10-23-18)4-5-17(16)25-27(13)15-6-7-22-20(9-15)28-2/h6-7,9-10,14H,4-5,8,11-12H2,1-3H3/t14-/m0/s1. The van der Waals surface area contributed by atoms with Crippen LogP contribution in [0.3, 0.4) is 0 Å². The van der Waals surface area contributed by atoms with Crippen LogP contribution in [-0.2, 0) is 25.9 Å². The molecule has 8 heteroatoms. The molecule has 5 rings (SSSR count). The number of aromatic nitrogens is 5. The van der Waals surface area contributed by atoms with Gasteiger partial charge < -0.3 is 9.47 Å². The Morgan fingerprint density at radius 2 is 1.86 bits per heavy atom. The van der Waals surface area contributed by atoms with E-state index in [0.29, 0.717) is 17.8 Å². The van der Waals surface area contributed by atoms with Crippen LogP contribution in [0, 0.1) is 6.92 Å². The van der Waals surface area contributed by atoms with Gasteiger partial charge in [-0.25, -0.2) is 14.6 Å². The van der Waals surface area contributed by atoms with Crippen molar-refractivity contribution in [2.75, 3.05) is 14.2 Å². The molecule has 3 aromatic rings. The van der Waals surface area contributed by atoms with Gasteiger partial charge >= 0.3 is 0 Å². The maximum Gasteiger partial charge on any atom is 0.232 e. The van der Waals surface area contributed by atoms with Gasteiger partial charge in [0.2, 0.25) is 11.8 Å². The number of aryl methyl sites for hydroxylation is 1. The lowest BCUT2D eigenvalue weighted by Gasteiger charge is -2.30. The Morgan fingerprint density at radius 1 is 1.03 bits per heavy atom. The van der Waals surface area contributed by atoms with Crippen molar-refractivity contribution in [3.8, 4) is 17.4 Å². The molecule has 1 atom stereocenters. The fraction of sp³-hybridized carbons (Fsp3) is 0.429. The second-order valence-electron chi connectivity index (χ2n) is 7.59. The topological polar surface area (TPSA) is 78.2 Å². The summed E-state index contributed by atoms with van der Waals surface area (Å²) in [6.07, 6.45) is 6.53. The van der Waals surface area contributed by atoms with Crippen molar-refractivity contribution >= 4 is 0 Å². The van der Waals surface area contributed by atoms with E-state index >= 15 is 0 Å². The first-order valence-corrected chi connectivity index (χ1v) is 9.87. The summed E-state index contributed by atoms with van der Waals surface area (Å²) >= 11 is 0. The highest BCUT2D eigenvalue weighted by atomic mass is 16.5. The molecular formula is C21H24N6O2. The lowest BCUT2D eigenvalue weighted by molar-refractivity contribution is 0.179. The van der Waals surface area contributed by atoms with E-state index in [-0.39, 0.29) is 0 Å². The highest BCUT2D eigenvalue weighted by molar-refractivity contribution is 5.40. The highest BCUT2D eigenvalue weighted by Crippen LogP contribution is 2.32. The molecule has 3 aromatic heterocycles. The Hall–Kier alpha value is -3.00. The van der Waals surface area contributed by atoms with Crippen LogP contribution in [0.15, 0.2) is 24.5 Å². The van der Waals surface area contributed by atoms with Crippen LogP contribution in [0.5, 0.6) is 11.8 Å². The molecule has 0 saturated carbocycles. The quantitative estimate of drug-likeness (QED) is 0.674. The van der Waals surface area contributed by atoms with Gasteiger partial charge in [0.1, 0.15) is 0 Å². The van der Waals surface area contributed by atoms with Crippen LogP contribution in [0.25, 0.3) is 5.69 Å². The smallest absolute Gasteiger partial charge is 0.232 e. The third kappa shape index (κ3) is 3.13. The molecule has 0 fully saturated rings. The molecule has 0 N–H and O–H groups in total. The molecule has 29 heavy (non-hydrogen) atoms. The molecule has 0 unspecified atom stereocenters. The average Bonchev–Trinajstić information content (AvgIpc) is 3.34. The first-order valence-electron chi connectivity index (χ1n) is 9.87. The van der Waals surface area contributed by atoms with Crippen molar-refractivity contribution in [1.29, 1.82) is 0 Å². The fourth-order valence-corrected chi connectivity index (χ4v) is 4.40. The van der Waals surface area contributed by atoms with Crippen LogP contribution in [0.1, 0.15) is 34.8 Å². The second-order valence-corrected chi connectivity index (χ2v) is 7.59. The molecular weight excluding hydrogens is 368 g/mol. The largest absolute Gasteiger partial charge is 0.481 e. The van der Waals surface area contributed by atoms with Crippen molar-refractivity contribution < 1.29 is 9.47 Å². The van der Waals surface area contributed by atoms with Gasteiger partial charge in [-0.15, -0.1) is 0 Å². The predicted octanol–water partition coefficient (Wildman–Crippen LogP) is 2.26. The first-order chi connectivity index (χ1) is 14.2. The zero-order chi connectivity index (χ0) is 20.0. The van der Waals surface area contributed by atoms with E-state index in [0.717, 1.165) is 49.4 Å². The van der Waals surface area contributed by atoms with E-state index in [9.17, 15) is 0 Å². The van der Waals surface area contributed by atoms with E-state index < -0.39 is 0 Å². The third-order valence-corrected chi connectivity index (χ3v) is 5.99. The van der Waals surface area contributed by atoms with Crippen LogP contribution in [0.4, 0.5) is 0 Å². The first kappa shape index (κ1) is 18.1. The van der Waals surface area contributed by atoms with E-state index in [2.05, 4.69) is 26.8 Å². The molecule has 0 radical (unpaired) electrons. The number of nitrogens with zero attached hydrogens (tertiary/aromatic N) is 6. The van der Waals surface area contributed by atoms with Crippen LogP contribution >= 0.6 is 0 Å². The molecule has 0 spiro atoms. The average molecular weight is 392 g/mol. The Morgan fingerprint density at radius 3 is 2.69 bits per heavy atom. The molecule has 8 nitrogen and oxygen atoms in total. The Bertz CT molecular complexity index is 1060. The van der Waals surface area contributed by atoms with Gasteiger partial charge in [-0.05, 0) is 37.8 Å².